The van der Waals surface area contributed by atoms with Crippen molar-refractivity contribution >= 4 is 16.9 Å². The SMILES string of the molecule is CCNC(=NCc1cccc2cccnc12)N1CCC(c2cnn(C)c2)C1. The molecule has 0 bridgehead atoms. The van der Waals surface area contributed by atoms with E-state index in [0.717, 1.165) is 48.5 Å². The van der Waals surface area contributed by atoms with Gasteiger partial charge in [0, 0.05) is 50.4 Å². The third-order valence-corrected chi connectivity index (χ3v) is 5.13. The van der Waals surface area contributed by atoms with Crippen molar-refractivity contribution in [2.24, 2.45) is 12.0 Å². The third-order valence-electron chi connectivity index (χ3n) is 5.13. The molecule has 6 nitrogen and oxygen atoms in total. The maximum absolute atomic E-state index is 4.92. The van der Waals surface area contributed by atoms with Crippen LogP contribution >= 0.6 is 0 Å². The first-order chi connectivity index (χ1) is 13.2. The number of rotatable bonds is 4. The molecule has 2 aromatic heterocycles. The number of para-hydroxylation sites is 1. The lowest BCUT2D eigenvalue weighted by Crippen LogP contribution is -2.40. The molecule has 1 atom stereocenters. The van der Waals surface area contributed by atoms with Crippen molar-refractivity contribution in [3.63, 3.8) is 0 Å². The molecule has 0 amide bonds. The molecule has 3 heterocycles. The van der Waals surface area contributed by atoms with E-state index < -0.39 is 0 Å². The van der Waals surface area contributed by atoms with E-state index >= 15 is 0 Å². The van der Waals surface area contributed by atoms with Gasteiger partial charge in [0.05, 0.1) is 18.3 Å². The molecule has 0 spiro atoms. The molecular formula is C21H26N6. The zero-order chi connectivity index (χ0) is 18.6. The van der Waals surface area contributed by atoms with E-state index in [1.54, 1.807) is 0 Å². The van der Waals surface area contributed by atoms with E-state index in [4.69, 9.17) is 4.99 Å². The molecule has 1 aliphatic heterocycles. The first kappa shape index (κ1) is 17.5. The number of pyridine rings is 1. The maximum atomic E-state index is 4.92. The number of benzene rings is 1. The van der Waals surface area contributed by atoms with E-state index in [-0.39, 0.29) is 0 Å². The fourth-order valence-electron chi connectivity index (χ4n) is 3.76. The molecule has 6 heteroatoms. The van der Waals surface area contributed by atoms with Gasteiger partial charge >= 0.3 is 0 Å². The van der Waals surface area contributed by atoms with Gasteiger partial charge in [0.1, 0.15) is 0 Å². The number of aromatic nitrogens is 3. The zero-order valence-electron chi connectivity index (χ0n) is 16.0. The van der Waals surface area contributed by atoms with Crippen LogP contribution in [0.15, 0.2) is 53.9 Å². The number of hydrogen-bond donors (Lipinski definition) is 1. The van der Waals surface area contributed by atoms with Crippen LogP contribution in [0.5, 0.6) is 0 Å². The highest BCUT2D eigenvalue weighted by Crippen LogP contribution is 2.27. The quantitative estimate of drug-likeness (QED) is 0.573. The predicted molar refractivity (Wildman–Crippen MR) is 109 cm³/mol. The topological polar surface area (TPSA) is 58.3 Å². The average molecular weight is 362 g/mol. The molecule has 1 unspecified atom stereocenters. The van der Waals surface area contributed by atoms with Crippen LogP contribution in [0.2, 0.25) is 0 Å². The Morgan fingerprint density at radius 3 is 3.00 bits per heavy atom. The number of fused-ring (bicyclic) bond motifs is 1. The fraction of sp³-hybridized carbons (Fsp3) is 0.381. The Kier molecular flexibility index (Phi) is 5.05. The maximum Gasteiger partial charge on any atom is 0.194 e. The molecule has 3 aromatic rings. The van der Waals surface area contributed by atoms with Gasteiger partial charge in [-0.2, -0.15) is 5.10 Å². The molecular weight excluding hydrogens is 336 g/mol. The normalized spacial score (nSPS) is 17.6. The van der Waals surface area contributed by atoms with Crippen molar-refractivity contribution in [3.05, 3.63) is 60.0 Å². The summed E-state index contributed by atoms with van der Waals surface area (Å²) in [5, 5.41) is 8.93. The number of hydrogen-bond acceptors (Lipinski definition) is 3. The number of nitrogens with one attached hydrogen (secondary N) is 1. The van der Waals surface area contributed by atoms with Crippen LogP contribution in [0.4, 0.5) is 0 Å². The minimum absolute atomic E-state index is 0.516. The number of guanidine groups is 1. The Balaban J connectivity index is 1.52. The highest BCUT2D eigenvalue weighted by Gasteiger charge is 2.26. The number of nitrogens with zero attached hydrogens (tertiary/aromatic N) is 5. The predicted octanol–water partition coefficient (Wildman–Crippen LogP) is 2.92. The third kappa shape index (κ3) is 3.79. The van der Waals surface area contributed by atoms with Crippen molar-refractivity contribution in [3.8, 4) is 0 Å². The highest BCUT2D eigenvalue weighted by molar-refractivity contribution is 5.83. The Bertz CT molecular complexity index is 939. The molecule has 27 heavy (non-hydrogen) atoms. The number of aryl methyl sites for hydroxylation is 1. The Morgan fingerprint density at radius 2 is 2.19 bits per heavy atom. The lowest BCUT2D eigenvalue weighted by molar-refractivity contribution is 0.486. The summed E-state index contributed by atoms with van der Waals surface area (Å²) in [5.41, 5.74) is 3.51. The summed E-state index contributed by atoms with van der Waals surface area (Å²) < 4.78 is 1.88. The van der Waals surface area contributed by atoms with Gasteiger partial charge in [-0.1, -0.05) is 24.3 Å². The Labute approximate surface area is 159 Å². The van der Waals surface area contributed by atoms with Gasteiger partial charge in [-0.3, -0.25) is 9.67 Å². The van der Waals surface area contributed by atoms with Crippen molar-refractivity contribution in [2.45, 2.75) is 25.8 Å². The summed E-state index contributed by atoms with van der Waals surface area (Å²) in [7, 11) is 1.97. The van der Waals surface area contributed by atoms with Crippen LogP contribution in [-0.4, -0.2) is 45.3 Å². The van der Waals surface area contributed by atoms with E-state index in [1.807, 2.05) is 30.2 Å². The fourth-order valence-corrected chi connectivity index (χ4v) is 3.76. The smallest absolute Gasteiger partial charge is 0.194 e. The van der Waals surface area contributed by atoms with Crippen molar-refractivity contribution < 1.29 is 0 Å². The summed E-state index contributed by atoms with van der Waals surface area (Å²) in [5.74, 6) is 1.50. The second kappa shape index (κ2) is 7.78. The number of aliphatic imine (C=N–C) groups is 1. The highest BCUT2D eigenvalue weighted by atomic mass is 15.3. The molecule has 1 aliphatic rings. The van der Waals surface area contributed by atoms with Crippen LogP contribution in [0, 0.1) is 0 Å². The molecule has 0 saturated carbocycles. The van der Waals surface area contributed by atoms with Gasteiger partial charge < -0.3 is 10.2 Å². The van der Waals surface area contributed by atoms with Crippen LogP contribution in [0.25, 0.3) is 10.9 Å². The van der Waals surface area contributed by atoms with Gasteiger partial charge in [0.2, 0.25) is 0 Å². The van der Waals surface area contributed by atoms with Crippen LogP contribution in [0.3, 0.4) is 0 Å². The van der Waals surface area contributed by atoms with E-state index in [9.17, 15) is 0 Å². The first-order valence-corrected chi connectivity index (χ1v) is 9.59. The number of likely N-dealkylation sites (tertiary alicyclic amines) is 1. The van der Waals surface area contributed by atoms with E-state index in [2.05, 4.69) is 57.7 Å². The van der Waals surface area contributed by atoms with E-state index in [0.29, 0.717) is 12.5 Å². The van der Waals surface area contributed by atoms with Gasteiger partial charge in [-0.05, 0) is 30.5 Å². The van der Waals surface area contributed by atoms with Gasteiger partial charge in [-0.15, -0.1) is 0 Å². The van der Waals surface area contributed by atoms with Gasteiger partial charge in [-0.25, -0.2) is 4.99 Å². The van der Waals surface area contributed by atoms with Crippen LogP contribution in [-0.2, 0) is 13.6 Å². The van der Waals surface area contributed by atoms with Gasteiger partial charge in [0.25, 0.3) is 0 Å². The lowest BCUT2D eigenvalue weighted by atomic mass is 10.0. The molecule has 0 aliphatic carbocycles. The molecule has 1 aromatic carbocycles. The van der Waals surface area contributed by atoms with Crippen LogP contribution < -0.4 is 5.32 Å². The summed E-state index contributed by atoms with van der Waals surface area (Å²) >= 11 is 0. The molecule has 1 N–H and O–H groups in total. The Hall–Kier alpha value is -2.89. The standard InChI is InChI=1S/C21H26N6/c1-3-22-21(27-11-9-18(15-27)19-13-25-26(2)14-19)24-12-17-7-4-6-16-8-5-10-23-20(16)17/h4-8,10,13-14,18H,3,9,11-12,15H2,1-2H3,(H,22,24). The Morgan fingerprint density at radius 1 is 1.30 bits per heavy atom. The largest absolute Gasteiger partial charge is 0.357 e. The van der Waals surface area contributed by atoms with Crippen molar-refractivity contribution in [2.75, 3.05) is 19.6 Å². The molecule has 1 fully saturated rings. The molecule has 0 radical (unpaired) electrons. The van der Waals surface area contributed by atoms with E-state index in [1.165, 1.54) is 5.56 Å². The summed E-state index contributed by atoms with van der Waals surface area (Å²) in [6, 6.07) is 10.4. The summed E-state index contributed by atoms with van der Waals surface area (Å²) in [6.45, 7) is 5.60. The second-order valence-corrected chi connectivity index (χ2v) is 7.04. The minimum atomic E-state index is 0.516. The lowest BCUT2D eigenvalue weighted by Gasteiger charge is -2.21. The molecule has 140 valence electrons. The van der Waals surface area contributed by atoms with Crippen molar-refractivity contribution in [1.29, 1.82) is 0 Å². The minimum Gasteiger partial charge on any atom is -0.357 e. The average Bonchev–Trinajstić information content (AvgIpc) is 3.34. The monoisotopic (exact) mass is 362 g/mol. The second-order valence-electron chi connectivity index (χ2n) is 7.04. The zero-order valence-corrected chi connectivity index (χ0v) is 16.0. The van der Waals surface area contributed by atoms with Gasteiger partial charge in [0.15, 0.2) is 5.96 Å². The van der Waals surface area contributed by atoms with Crippen molar-refractivity contribution in [1.82, 2.24) is 25.0 Å². The summed E-state index contributed by atoms with van der Waals surface area (Å²) in [4.78, 5) is 11.8. The molecule has 1 saturated heterocycles. The molecule has 4 rings (SSSR count). The summed E-state index contributed by atoms with van der Waals surface area (Å²) in [6.07, 6.45) is 7.09. The van der Waals surface area contributed by atoms with Crippen LogP contribution in [0.1, 0.15) is 30.4 Å². The first-order valence-electron chi connectivity index (χ1n) is 9.59.